The van der Waals surface area contributed by atoms with Crippen LogP contribution in [0.3, 0.4) is 0 Å². The summed E-state index contributed by atoms with van der Waals surface area (Å²) in [4.78, 5) is 0. The van der Waals surface area contributed by atoms with Crippen LogP contribution in [0.25, 0.3) is 0 Å². The molecule has 15 heavy (non-hydrogen) atoms. The molecule has 0 saturated heterocycles. The topological polar surface area (TPSA) is 9.23 Å². The Balaban J connectivity index is 0.00000196. The molecule has 0 aliphatic carbocycles. The Morgan fingerprint density at radius 1 is 1.27 bits per heavy atom. The Morgan fingerprint density at radius 3 is 2.33 bits per heavy atom. The van der Waals surface area contributed by atoms with E-state index in [0.717, 1.165) is 18.2 Å². The van der Waals surface area contributed by atoms with Crippen molar-refractivity contribution in [2.24, 2.45) is 0 Å². The zero-order chi connectivity index (χ0) is 10.8. The van der Waals surface area contributed by atoms with Gasteiger partial charge in [-0.3, -0.25) is 0 Å². The Labute approximate surface area is 132 Å². The summed E-state index contributed by atoms with van der Waals surface area (Å²) >= 11 is 5.43. The number of benzene rings is 1. The normalized spacial score (nSPS) is 10.7. The minimum absolute atomic E-state index is 0. The molecule has 0 saturated carbocycles. The van der Waals surface area contributed by atoms with Crippen LogP contribution in [0.1, 0.15) is 0 Å². The molecule has 0 N–H and O–H groups in total. The molecular formula is C7H5BClF4KO. The van der Waals surface area contributed by atoms with Crippen molar-refractivity contribution >= 4 is 18.6 Å². The van der Waals surface area contributed by atoms with Crippen LogP contribution in [-0.2, 0) is 0 Å². The molecule has 0 spiro atoms. The van der Waals surface area contributed by atoms with Gasteiger partial charge in [0.1, 0.15) is 11.6 Å². The van der Waals surface area contributed by atoms with Gasteiger partial charge in [-0.05, 0) is 18.2 Å². The van der Waals surface area contributed by atoms with Crippen molar-refractivity contribution in [3.8, 4) is 5.75 Å². The zero-order valence-corrected chi connectivity index (χ0v) is 11.7. The summed E-state index contributed by atoms with van der Waals surface area (Å²) in [5.41, 5.74) is 0. The van der Waals surface area contributed by atoms with Crippen LogP contribution < -0.4 is 56.1 Å². The van der Waals surface area contributed by atoms with E-state index in [4.69, 9.17) is 11.6 Å². The summed E-state index contributed by atoms with van der Waals surface area (Å²) in [6.07, 6.45) is 0. The fourth-order valence-corrected chi connectivity index (χ4v) is 0.998. The monoisotopic (exact) mass is 266 g/mol. The largest absolute Gasteiger partial charge is 1.00 e. The van der Waals surface area contributed by atoms with Crippen molar-refractivity contribution in [1.29, 1.82) is 0 Å². The second-order valence-electron chi connectivity index (χ2n) is 2.60. The standard InChI is InChI=1S/C7H5BClF4O.K/c9-6-3-5(10)1-2-7(6)14-4-8(11,12)13;/h1-3H,4H2;/q-1;+1. The van der Waals surface area contributed by atoms with Gasteiger partial charge in [-0.25, -0.2) is 4.39 Å². The van der Waals surface area contributed by atoms with Crippen LogP contribution >= 0.6 is 11.6 Å². The van der Waals surface area contributed by atoms with Crippen molar-refractivity contribution in [3.63, 3.8) is 0 Å². The molecule has 0 aliphatic heterocycles. The van der Waals surface area contributed by atoms with E-state index in [1.807, 2.05) is 0 Å². The predicted molar refractivity (Wildman–Crippen MR) is 46.0 cm³/mol. The van der Waals surface area contributed by atoms with Crippen molar-refractivity contribution < 1.29 is 73.5 Å². The maximum atomic E-state index is 12.5. The Kier molecular flexibility index (Phi) is 6.78. The molecule has 0 radical (unpaired) electrons. The van der Waals surface area contributed by atoms with Crippen molar-refractivity contribution in [2.75, 3.05) is 6.51 Å². The van der Waals surface area contributed by atoms with Gasteiger partial charge in [0.2, 0.25) is 0 Å². The van der Waals surface area contributed by atoms with Crippen LogP contribution in [0.4, 0.5) is 17.3 Å². The van der Waals surface area contributed by atoms with Crippen LogP contribution in [0, 0.1) is 5.82 Å². The fourth-order valence-electron chi connectivity index (χ4n) is 0.777. The molecule has 78 valence electrons. The van der Waals surface area contributed by atoms with Crippen molar-refractivity contribution in [1.82, 2.24) is 0 Å². The SMILES string of the molecule is Fc1ccc(OC[B-](F)(F)F)c(Cl)c1.[K+]. The molecule has 8 heteroatoms. The molecule has 0 aromatic heterocycles. The second kappa shape index (κ2) is 6.46. The van der Waals surface area contributed by atoms with Crippen molar-refractivity contribution in [2.45, 2.75) is 0 Å². The van der Waals surface area contributed by atoms with E-state index in [1.54, 1.807) is 0 Å². The molecule has 0 atom stereocenters. The van der Waals surface area contributed by atoms with E-state index in [9.17, 15) is 17.3 Å². The maximum Gasteiger partial charge on any atom is 1.00 e. The van der Waals surface area contributed by atoms with E-state index < -0.39 is 19.3 Å². The summed E-state index contributed by atoms with van der Waals surface area (Å²) in [6, 6.07) is 2.92. The van der Waals surface area contributed by atoms with Gasteiger partial charge in [0.15, 0.2) is 0 Å². The molecule has 1 nitrogen and oxygen atoms in total. The van der Waals surface area contributed by atoms with Crippen LogP contribution in [-0.4, -0.2) is 13.5 Å². The Hall–Kier alpha value is 0.731. The molecule has 0 unspecified atom stereocenters. The molecule has 1 rings (SSSR count). The molecule has 0 bridgehead atoms. The fraction of sp³-hybridized carbons (Fsp3) is 0.143. The van der Waals surface area contributed by atoms with Gasteiger partial charge in [0, 0.05) is 0 Å². The molecule has 0 heterocycles. The van der Waals surface area contributed by atoms with Gasteiger partial charge in [-0.1, -0.05) is 11.6 Å². The second-order valence-corrected chi connectivity index (χ2v) is 3.00. The average molecular weight is 266 g/mol. The van der Waals surface area contributed by atoms with E-state index >= 15 is 0 Å². The quantitative estimate of drug-likeness (QED) is 0.563. The number of hydrogen-bond acceptors (Lipinski definition) is 1. The maximum absolute atomic E-state index is 12.5. The number of hydrogen-bond donors (Lipinski definition) is 0. The first-order valence-corrected chi connectivity index (χ1v) is 4.05. The van der Waals surface area contributed by atoms with E-state index in [2.05, 4.69) is 4.74 Å². The molecule has 0 amide bonds. The first-order chi connectivity index (χ1) is 6.38. The van der Waals surface area contributed by atoms with Gasteiger partial charge in [0.25, 0.3) is 0 Å². The summed E-state index contributed by atoms with van der Waals surface area (Å²) in [5, 5.41) is -0.176. The average Bonchev–Trinajstić information content (AvgIpc) is 2.00. The molecule has 1 aromatic carbocycles. The van der Waals surface area contributed by atoms with Gasteiger partial charge < -0.3 is 17.7 Å². The summed E-state index contributed by atoms with van der Waals surface area (Å²) in [6.45, 7) is -6.41. The zero-order valence-electron chi connectivity index (χ0n) is 7.81. The summed E-state index contributed by atoms with van der Waals surface area (Å²) in [7, 11) is 0. The smallest absolute Gasteiger partial charge is 0.520 e. The third kappa shape index (κ3) is 6.13. The number of halogens is 5. The molecule has 0 fully saturated rings. The number of ether oxygens (including phenoxy) is 1. The van der Waals surface area contributed by atoms with Crippen LogP contribution in [0.2, 0.25) is 5.02 Å². The van der Waals surface area contributed by atoms with E-state index in [-0.39, 0.29) is 62.2 Å². The first kappa shape index (κ1) is 15.7. The minimum atomic E-state index is -5.03. The van der Waals surface area contributed by atoms with E-state index in [1.165, 1.54) is 0 Å². The molecule has 0 aliphatic rings. The van der Waals surface area contributed by atoms with Crippen molar-refractivity contribution in [3.05, 3.63) is 29.0 Å². The molecule has 1 aromatic rings. The number of rotatable bonds is 3. The first-order valence-electron chi connectivity index (χ1n) is 3.67. The van der Waals surface area contributed by atoms with Crippen LogP contribution in [0.5, 0.6) is 5.75 Å². The van der Waals surface area contributed by atoms with Crippen LogP contribution in [0.15, 0.2) is 18.2 Å². The third-order valence-corrected chi connectivity index (χ3v) is 1.62. The summed E-state index contributed by atoms with van der Waals surface area (Å²) < 4.78 is 52.1. The van der Waals surface area contributed by atoms with Gasteiger partial charge in [0.05, 0.1) is 11.5 Å². The Bertz CT molecular complexity index is 333. The van der Waals surface area contributed by atoms with Gasteiger partial charge in [-0.15, -0.1) is 0 Å². The summed E-state index contributed by atoms with van der Waals surface area (Å²) in [5.74, 6) is -0.799. The minimum Gasteiger partial charge on any atom is -0.520 e. The Morgan fingerprint density at radius 2 is 1.87 bits per heavy atom. The van der Waals surface area contributed by atoms with Gasteiger partial charge >= 0.3 is 58.4 Å². The molecular weight excluding hydrogens is 261 g/mol. The third-order valence-electron chi connectivity index (χ3n) is 1.32. The van der Waals surface area contributed by atoms with E-state index in [0.29, 0.717) is 0 Å². The van der Waals surface area contributed by atoms with Gasteiger partial charge in [-0.2, -0.15) is 0 Å². The predicted octanol–water partition coefficient (Wildman–Crippen LogP) is 0.249.